The summed E-state index contributed by atoms with van der Waals surface area (Å²) >= 11 is 1.34. The van der Waals surface area contributed by atoms with Crippen molar-refractivity contribution in [1.29, 1.82) is 0 Å². The van der Waals surface area contributed by atoms with Gasteiger partial charge in [0.25, 0.3) is 0 Å². The van der Waals surface area contributed by atoms with Crippen LogP contribution in [0.25, 0.3) is 0 Å². The molecule has 0 saturated heterocycles. The molecule has 4 nitrogen and oxygen atoms in total. The summed E-state index contributed by atoms with van der Waals surface area (Å²) in [6.07, 6.45) is 4.16. The third-order valence-electron chi connectivity index (χ3n) is 2.13. The Balaban J connectivity index is 1.91. The van der Waals surface area contributed by atoms with Gasteiger partial charge in [-0.05, 0) is 18.8 Å². The Labute approximate surface area is 86.3 Å². The smallest absolute Gasteiger partial charge is 0.349 e. The minimum Gasteiger partial charge on any atom is -0.465 e. The minimum atomic E-state index is -0.318. The van der Waals surface area contributed by atoms with Gasteiger partial charge in [0.1, 0.15) is 4.88 Å². The molecule has 0 atom stereocenters. The van der Waals surface area contributed by atoms with Crippen LogP contribution in [0.15, 0.2) is 6.20 Å². The van der Waals surface area contributed by atoms with Crippen LogP contribution in [0.2, 0.25) is 0 Å². The second-order valence-corrected chi connectivity index (χ2v) is 4.38. The van der Waals surface area contributed by atoms with Gasteiger partial charge in [0.2, 0.25) is 0 Å². The second kappa shape index (κ2) is 3.96. The summed E-state index contributed by atoms with van der Waals surface area (Å²) in [7, 11) is 1.37. The van der Waals surface area contributed by atoms with E-state index in [1.807, 2.05) is 0 Å². The van der Waals surface area contributed by atoms with Gasteiger partial charge in [0.15, 0.2) is 5.13 Å². The van der Waals surface area contributed by atoms with Crippen molar-refractivity contribution in [3.63, 3.8) is 0 Å². The van der Waals surface area contributed by atoms with Gasteiger partial charge in [0.05, 0.1) is 13.3 Å². The van der Waals surface area contributed by atoms with Gasteiger partial charge in [-0.3, -0.25) is 0 Å². The number of nitrogens with one attached hydrogen (secondary N) is 1. The van der Waals surface area contributed by atoms with Crippen LogP contribution in [0.5, 0.6) is 0 Å². The molecule has 1 heterocycles. The van der Waals surface area contributed by atoms with Crippen LogP contribution in [0.4, 0.5) is 5.13 Å². The summed E-state index contributed by atoms with van der Waals surface area (Å²) in [4.78, 5) is 15.7. The van der Waals surface area contributed by atoms with Crippen molar-refractivity contribution in [3.8, 4) is 0 Å². The Hall–Kier alpha value is -1.10. The number of esters is 1. The fraction of sp³-hybridized carbons (Fsp3) is 0.556. The molecule has 1 saturated carbocycles. The van der Waals surface area contributed by atoms with Crippen LogP contribution in [0, 0.1) is 5.92 Å². The van der Waals surface area contributed by atoms with Crippen LogP contribution in [-0.4, -0.2) is 24.6 Å². The summed E-state index contributed by atoms with van der Waals surface area (Å²) < 4.78 is 4.59. The standard InChI is InChI=1S/C9H12N2O2S/c1-13-8(12)7-5-11-9(14-7)10-4-6-2-3-6/h5-6H,2-4H2,1H3,(H,10,11). The number of carbonyl (C=O) groups is 1. The lowest BCUT2D eigenvalue weighted by Gasteiger charge is -1.98. The second-order valence-electron chi connectivity index (χ2n) is 3.35. The Morgan fingerprint density at radius 2 is 2.57 bits per heavy atom. The maximum absolute atomic E-state index is 11.1. The van der Waals surface area contributed by atoms with Crippen LogP contribution >= 0.6 is 11.3 Å². The van der Waals surface area contributed by atoms with E-state index in [0.29, 0.717) is 4.88 Å². The number of hydrogen-bond donors (Lipinski definition) is 1. The first-order valence-corrected chi connectivity index (χ1v) is 5.39. The highest BCUT2D eigenvalue weighted by molar-refractivity contribution is 7.17. The molecule has 1 fully saturated rings. The van der Waals surface area contributed by atoms with Gasteiger partial charge in [-0.25, -0.2) is 9.78 Å². The van der Waals surface area contributed by atoms with E-state index in [4.69, 9.17) is 0 Å². The predicted octanol–water partition coefficient (Wildman–Crippen LogP) is 1.75. The molecule has 1 aliphatic rings. The molecular formula is C9H12N2O2S. The summed E-state index contributed by atoms with van der Waals surface area (Å²) in [6.45, 7) is 0.966. The number of methoxy groups -OCH3 is 1. The molecular weight excluding hydrogens is 200 g/mol. The Morgan fingerprint density at radius 3 is 3.21 bits per heavy atom. The number of hydrogen-bond acceptors (Lipinski definition) is 5. The van der Waals surface area contributed by atoms with Crippen LogP contribution in [-0.2, 0) is 4.74 Å². The number of carbonyl (C=O) groups excluding carboxylic acids is 1. The van der Waals surface area contributed by atoms with E-state index < -0.39 is 0 Å². The molecule has 2 rings (SSSR count). The molecule has 0 spiro atoms. The molecule has 1 aromatic heterocycles. The maximum Gasteiger partial charge on any atom is 0.349 e. The Kier molecular flexibility index (Phi) is 2.67. The third-order valence-corrected chi connectivity index (χ3v) is 3.07. The molecule has 76 valence electrons. The molecule has 0 unspecified atom stereocenters. The molecule has 0 bridgehead atoms. The number of rotatable bonds is 4. The van der Waals surface area contributed by atoms with E-state index in [1.54, 1.807) is 6.20 Å². The van der Waals surface area contributed by atoms with E-state index in [2.05, 4.69) is 15.0 Å². The number of thiazole rings is 1. The average molecular weight is 212 g/mol. The topological polar surface area (TPSA) is 51.2 Å². The summed E-state index contributed by atoms with van der Waals surface area (Å²) in [6, 6.07) is 0. The first-order valence-electron chi connectivity index (χ1n) is 4.57. The van der Waals surface area contributed by atoms with Crippen LogP contribution in [0.1, 0.15) is 22.5 Å². The molecule has 14 heavy (non-hydrogen) atoms. The molecule has 0 radical (unpaired) electrons. The quantitative estimate of drug-likeness (QED) is 0.772. The molecule has 0 amide bonds. The molecule has 1 N–H and O–H groups in total. The maximum atomic E-state index is 11.1. The normalized spacial score (nSPS) is 15.2. The van der Waals surface area contributed by atoms with Crippen LogP contribution < -0.4 is 5.32 Å². The Morgan fingerprint density at radius 1 is 1.79 bits per heavy atom. The number of anilines is 1. The SMILES string of the molecule is COC(=O)c1cnc(NCC2CC2)s1. The van der Waals surface area contributed by atoms with Gasteiger partial charge in [0, 0.05) is 6.54 Å². The molecule has 1 aliphatic carbocycles. The van der Waals surface area contributed by atoms with Gasteiger partial charge >= 0.3 is 5.97 Å². The monoisotopic (exact) mass is 212 g/mol. The van der Waals surface area contributed by atoms with E-state index in [0.717, 1.165) is 17.6 Å². The van der Waals surface area contributed by atoms with E-state index >= 15 is 0 Å². The number of nitrogens with zero attached hydrogens (tertiary/aromatic N) is 1. The van der Waals surface area contributed by atoms with Crippen molar-refractivity contribution in [2.45, 2.75) is 12.8 Å². The minimum absolute atomic E-state index is 0.318. The first kappa shape index (κ1) is 9.45. The highest BCUT2D eigenvalue weighted by Crippen LogP contribution is 2.29. The lowest BCUT2D eigenvalue weighted by molar-refractivity contribution is 0.0606. The van der Waals surface area contributed by atoms with Crippen molar-refractivity contribution in [1.82, 2.24) is 4.98 Å². The fourth-order valence-corrected chi connectivity index (χ4v) is 1.85. The highest BCUT2D eigenvalue weighted by atomic mass is 32.1. The van der Waals surface area contributed by atoms with E-state index in [9.17, 15) is 4.79 Å². The van der Waals surface area contributed by atoms with Crippen molar-refractivity contribution in [2.75, 3.05) is 19.0 Å². The average Bonchev–Trinajstić information content (AvgIpc) is 2.92. The Bertz CT molecular complexity index is 333. The van der Waals surface area contributed by atoms with Gasteiger partial charge in [-0.15, -0.1) is 0 Å². The van der Waals surface area contributed by atoms with Crippen LogP contribution in [0.3, 0.4) is 0 Å². The van der Waals surface area contributed by atoms with Gasteiger partial charge in [-0.1, -0.05) is 11.3 Å². The third kappa shape index (κ3) is 2.23. The number of ether oxygens (including phenoxy) is 1. The molecule has 1 aromatic rings. The van der Waals surface area contributed by atoms with Gasteiger partial charge < -0.3 is 10.1 Å². The zero-order valence-electron chi connectivity index (χ0n) is 7.95. The van der Waals surface area contributed by atoms with E-state index in [1.165, 1.54) is 31.3 Å². The summed E-state index contributed by atoms with van der Waals surface area (Å²) in [5.74, 6) is 0.488. The van der Waals surface area contributed by atoms with Crippen molar-refractivity contribution in [3.05, 3.63) is 11.1 Å². The largest absolute Gasteiger partial charge is 0.465 e. The lowest BCUT2D eigenvalue weighted by atomic mass is 10.4. The summed E-state index contributed by atoms with van der Waals surface area (Å²) in [5.41, 5.74) is 0. The van der Waals surface area contributed by atoms with Crippen molar-refractivity contribution < 1.29 is 9.53 Å². The van der Waals surface area contributed by atoms with Crippen molar-refractivity contribution >= 4 is 22.4 Å². The lowest BCUT2D eigenvalue weighted by Crippen LogP contribution is -2.02. The number of aromatic nitrogens is 1. The molecule has 5 heteroatoms. The fourth-order valence-electron chi connectivity index (χ4n) is 1.10. The molecule has 0 aliphatic heterocycles. The first-order chi connectivity index (χ1) is 6.79. The zero-order chi connectivity index (χ0) is 9.97. The highest BCUT2D eigenvalue weighted by Gasteiger charge is 2.21. The van der Waals surface area contributed by atoms with Crippen molar-refractivity contribution in [2.24, 2.45) is 5.92 Å². The van der Waals surface area contributed by atoms with E-state index in [-0.39, 0.29) is 5.97 Å². The summed E-state index contributed by atoms with van der Waals surface area (Å²) in [5, 5.41) is 4.01. The zero-order valence-corrected chi connectivity index (χ0v) is 8.76. The predicted molar refractivity (Wildman–Crippen MR) is 54.7 cm³/mol. The molecule has 0 aromatic carbocycles. The van der Waals surface area contributed by atoms with Gasteiger partial charge in [-0.2, -0.15) is 0 Å².